The van der Waals surface area contributed by atoms with Crippen molar-refractivity contribution in [3.8, 4) is 5.69 Å². The van der Waals surface area contributed by atoms with Gasteiger partial charge >= 0.3 is 0 Å². The van der Waals surface area contributed by atoms with Crippen LogP contribution in [0.2, 0.25) is 5.02 Å². The molecule has 0 fully saturated rings. The lowest BCUT2D eigenvalue weighted by atomic mass is 9.84. The molecule has 0 saturated heterocycles. The van der Waals surface area contributed by atoms with Crippen LogP contribution in [0.1, 0.15) is 30.7 Å². The van der Waals surface area contributed by atoms with Crippen LogP contribution < -0.4 is 15.3 Å². The second kappa shape index (κ2) is 8.94. The normalized spacial score (nSPS) is 21.4. The van der Waals surface area contributed by atoms with Crippen LogP contribution >= 0.6 is 17.8 Å². The first kappa shape index (κ1) is 25.1. The maximum Gasteiger partial charge on any atom is 0.166 e. The molecule has 8 heteroatoms. The van der Waals surface area contributed by atoms with Gasteiger partial charge in [-0.1, -0.05) is 79.7 Å². The summed E-state index contributed by atoms with van der Waals surface area (Å²) in [5.74, 6) is 0.781. The molecule has 0 aliphatic carbocycles. The van der Waals surface area contributed by atoms with Crippen LogP contribution in [-0.2, 0) is 17.2 Å². The number of likely N-dealkylation sites (N-methyl/N-ethyl adjacent to an activating group) is 1. The first-order chi connectivity index (χ1) is 18.1. The van der Waals surface area contributed by atoms with Crippen molar-refractivity contribution in [2.24, 2.45) is 4.99 Å². The molecule has 0 radical (unpaired) electrons. The number of aliphatic imine (C=N–C) groups is 1. The quantitative estimate of drug-likeness (QED) is 0.263. The number of hydrogen-bond donors (Lipinski definition) is 1. The standard InChI is InChI=1S/C30H29ClN5PS/c1-19-15-16-21(17-24(19)31)34-37(38)26(28-30(3,4)23-13-9-10-14-25(23)35(28)5)18-32-29-27(37)20(2)33-36(29)22-11-7-6-8-12-22/h6-18H,1-5H3,(H,34,38)/b28-26-. The van der Waals surface area contributed by atoms with Crippen molar-refractivity contribution in [1.82, 2.24) is 9.78 Å². The molecule has 2 aliphatic rings. The zero-order valence-corrected chi connectivity index (χ0v) is 24.5. The summed E-state index contributed by atoms with van der Waals surface area (Å²) in [4.78, 5) is 7.31. The lowest BCUT2D eigenvalue weighted by molar-refractivity contribution is 0.639. The third-order valence-electron chi connectivity index (χ3n) is 7.54. The number of halogens is 1. The van der Waals surface area contributed by atoms with Gasteiger partial charge in [-0.05, 0) is 55.3 Å². The Morgan fingerprint density at radius 3 is 2.39 bits per heavy atom. The van der Waals surface area contributed by atoms with Crippen LogP contribution in [-0.4, -0.2) is 23.0 Å². The Morgan fingerprint density at radius 2 is 1.68 bits per heavy atom. The molecule has 0 spiro atoms. The van der Waals surface area contributed by atoms with Crippen molar-refractivity contribution < 1.29 is 0 Å². The van der Waals surface area contributed by atoms with E-state index in [9.17, 15) is 0 Å². The van der Waals surface area contributed by atoms with Gasteiger partial charge in [0.1, 0.15) is 0 Å². The molecule has 5 nitrogen and oxygen atoms in total. The first-order valence-corrected chi connectivity index (χ1v) is 15.7. The summed E-state index contributed by atoms with van der Waals surface area (Å²) in [6.45, 7) is 8.57. The van der Waals surface area contributed by atoms with E-state index < -0.39 is 6.19 Å². The number of nitrogens with zero attached hydrogens (tertiary/aromatic N) is 4. The summed E-state index contributed by atoms with van der Waals surface area (Å²) in [6, 6.07) is 24.7. The van der Waals surface area contributed by atoms with Crippen molar-refractivity contribution in [2.75, 3.05) is 17.0 Å². The average molecular weight is 558 g/mol. The molecule has 3 heterocycles. The molecule has 1 N–H and O–H groups in total. The minimum absolute atomic E-state index is 0.260. The number of para-hydroxylation sites is 2. The summed E-state index contributed by atoms with van der Waals surface area (Å²) in [6.07, 6.45) is -0.694. The SMILES string of the molecule is Cc1ccc(NP2(=S)/C(=C3\N(C)c4ccccc4C3(C)C)C=Nc3c2c(C)nn3-c2ccccc2)cc1Cl. The van der Waals surface area contributed by atoms with Gasteiger partial charge in [0.2, 0.25) is 0 Å². The zero-order valence-electron chi connectivity index (χ0n) is 22.0. The van der Waals surface area contributed by atoms with Gasteiger partial charge in [0.05, 0.1) is 22.9 Å². The van der Waals surface area contributed by atoms with Gasteiger partial charge in [-0.25, -0.2) is 9.67 Å². The molecule has 38 heavy (non-hydrogen) atoms. The van der Waals surface area contributed by atoms with E-state index in [1.165, 1.54) is 11.3 Å². The predicted octanol–water partition coefficient (Wildman–Crippen LogP) is 7.63. The van der Waals surface area contributed by atoms with E-state index in [4.69, 9.17) is 33.5 Å². The predicted molar refractivity (Wildman–Crippen MR) is 165 cm³/mol. The maximum absolute atomic E-state index is 6.77. The Balaban J connectivity index is 1.63. The fourth-order valence-electron chi connectivity index (χ4n) is 5.69. The van der Waals surface area contributed by atoms with E-state index in [1.807, 2.05) is 67.2 Å². The van der Waals surface area contributed by atoms with Gasteiger partial charge < -0.3 is 9.99 Å². The number of anilines is 2. The third kappa shape index (κ3) is 3.70. The van der Waals surface area contributed by atoms with Crippen molar-refractivity contribution in [2.45, 2.75) is 33.1 Å². The fraction of sp³-hybridized carbons (Fsp3) is 0.200. The highest BCUT2D eigenvalue weighted by atomic mass is 35.5. The Kier molecular flexibility index (Phi) is 5.91. The highest BCUT2D eigenvalue weighted by Crippen LogP contribution is 2.62. The van der Waals surface area contributed by atoms with E-state index in [0.717, 1.165) is 44.8 Å². The maximum atomic E-state index is 6.77. The highest BCUT2D eigenvalue weighted by molar-refractivity contribution is 8.21. The van der Waals surface area contributed by atoms with E-state index >= 15 is 0 Å². The second-order valence-corrected chi connectivity index (χ2v) is 14.8. The van der Waals surface area contributed by atoms with Crippen molar-refractivity contribution in [3.05, 3.63) is 106 Å². The van der Waals surface area contributed by atoms with Crippen LogP contribution in [0.5, 0.6) is 0 Å². The molecule has 1 unspecified atom stereocenters. The van der Waals surface area contributed by atoms with Gasteiger partial charge in [0, 0.05) is 46.1 Å². The Bertz CT molecular complexity index is 1700. The van der Waals surface area contributed by atoms with Gasteiger partial charge in [-0.15, -0.1) is 0 Å². The van der Waals surface area contributed by atoms with Gasteiger partial charge in [0.15, 0.2) is 5.82 Å². The lowest BCUT2D eigenvalue weighted by Crippen LogP contribution is -2.29. The summed E-state index contributed by atoms with van der Waals surface area (Å²) in [5.41, 5.74) is 7.12. The number of aromatic nitrogens is 2. The number of rotatable bonds is 3. The Morgan fingerprint density at radius 1 is 0.974 bits per heavy atom. The highest BCUT2D eigenvalue weighted by Gasteiger charge is 2.45. The van der Waals surface area contributed by atoms with Crippen molar-refractivity contribution >= 4 is 58.3 Å². The molecular formula is C30H29ClN5PS. The molecule has 0 bridgehead atoms. The van der Waals surface area contributed by atoms with Crippen LogP contribution in [0.15, 0.2) is 88.8 Å². The number of aryl methyl sites for hydroxylation is 2. The van der Waals surface area contributed by atoms with Crippen molar-refractivity contribution in [3.63, 3.8) is 0 Å². The Hall–Kier alpha value is -3.18. The summed E-state index contributed by atoms with van der Waals surface area (Å²) < 4.78 is 1.91. The molecule has 1 atom stereocenters. The molecule has 6 rings (SSSR count). The second-order valence-electron chi connectivity index (χ2n) is 10.4. The number of hydrogen-bond acceptors (Lipinski definition) is 4. The minimum atomic E-state index is -2.67. The van der Waals surface area contributed by atoms with Crippen LogP contribution in [0.25, 0.3) is 5.69 Å². The van der Waals surface area contributed by atoms with Gasteiger partial charge in [0.25, 0.3) is 0 Å². The monoisotopic (exact) mass is 557 g/mol. The number of benzene rings is 3. The van der Waals surface area contributed by atoms with Gasteiger partial charge in [-0.3, -0.25) is 0 Å². The smallest absolute Gasteiger partial charge is 0.166 e. The largest absolute Gasteiger partial charge is 0.350 e. The molecule has 2 aliphatic heterocycles. The lowest BCUT2D eigenvalue weighted by Gasteiger charge is -2.35. The number of allylic oxidation sites excluding steroid dienone is 2. The van der Waals surface area contributed by atoms with Crippen LogP contribution in [0, 0.1) is 13.8 Å². The van der Waals surface area contributed by atoms with Crippen LogP contribution in [0.4, 0.5) is 17.2 Å². The molecule has 0 amide bonds. The van der Waals surface area contributed by atoms with E-state index in [0.29, 0.717) is 5.02 Å². The molecule has 4 aromatic rings. The molecule has 1 aromatic heterocycles. The zero-order chi connectivity index (χ0) is 26.8. The van der Waals surface area contributed by atoms with Crippen molar-refractivity contribution in [1.29, 1.82) is 0 Å². The van der Waals surface area contributed by atoms with E-state index in [1.54, 1.807) is 0 Å². The van der Waals surface area contributed by atoms with Crippen LogP contribution in [0.3, 0.4) is 0 Å². The topological polar surface area (TPSA) is 45.4 Å². The first-order valence-electron chi connectivity index (χ1n) is 12.6. The molecular weight excluding hydrogens is 529 g/mol. The Labute approximate surface area is 233 Å². The number of fused-ring (bicyclic) bond motifs is 2. The van der Waals surface area contributed by atoms with Gasteiger partial charge in [-0.2, -0.15) is 5.10 Å². The molecule has 3 aromatic carbocycles. The summed E-state index contributed by atoms with van der Waals surface area (Å²) >= 11 is 13.3. The fourth-order valence-corrected chi connectivity index (χ4v) is 10.1. The minimum Gasteiger partial charge on any atom is -0.350 e. The third-order valence-corrected chi connectivity index (χ3v) is 12.1. The number of nitrogens with one attached hydrogen (secondary N) is 1. The summed E-state index contributed by atoms with van der Waals surface area (Å²) in [5, 5.41) is 11.5. The van der Waals surface area contributed by atoms with E-state index in [2.05, 4.69) is 61.2 Å². The molecule has 0 saturated carbocycles. The van der Waals surface area contributed by atoms with E-state index in [-0.39, 0.29) is 5.41 Å². The average Bonchev–Trinajstić information content (AvgIpc) is 3.34. The molecule has 192 valence electrons. The summed E-state index contributed by atoms with van der Waals surface area (Å²) in [7, 11) is 2.13.